The number of hydrogen-bond acceptors (Lipinski definition) is 5. The number of aryl methyl sites for hydroxylation is 2. The van der Waals surface area contributed by atoms with Gasteiger partial charge >= 0.3 is 0 Å². The van der Waals surface area contributed by atoms with Gasteiger partial charge in [0.05, 0.1) is 16.3 Å². The predicted molar refractivity (Wildman–Crippen MR) is 85.4 cm³/mol. The predicted octanol–water partition coefficient (Wildman–Crippen LogP) is 3.53. The molecule has 0 unspecified atom stereocenters. The minimum absolute atomic E-state index is 0.0905. The minimum atomic E-state index is -0.0905. The molecule has 1 saturated carbocycles. The normalized spacial score (nSPS) is 14.8. The summed E-state index contributed by atoms with van der Waals surface area (Å²) in [6.07, 6.45) is 2.44. The van der Waals surface area contributed by atoms with E-state index in [1.54, 1.807) is 0 Å². The van der Waals surface area contributed by atoms with Crippen LogP contribution in [0.5, 0.6) is 0 Å². The Balaban J connectivity index is 1.58. The van der Waals surface area contributed by atoms with Gasteiger partial charge < -0.3 is 0 Å². The van der Waals surface area contributed by atoms with E-state index in [9.17, 15) is 4.79 Å². The highest BCUT2D eigenvalue weighted by Gasteiger charge is 2.26. The van der Waals surface area contributed by atoms with Gasteiger partial charge in [-0.25, -0.2) is 4.98 Å². The number of amides is 1. The quantitative estimate of drug-likeness (QED) is 0.803. The Kier molecular flexibility index (Phi) is 2.87. The third-order valence-corrected chi connectivity index (χ3v) is 5.63. The number of thiophene rings is 1. The molecule has 0 radical (unpaired) electrons. The summed E-state index contributed by atoms with van der Waals surface area (Å²) < 4.78 is 1.82. The van der Waals surface area contributed by atoms with Crippen molar-refractivity contribution in [2.24, 2.45) is 7.05 Å². The molecular weight excluding hydrogens is 304 g/mol. The highest BCUT2D eigenvalue weighted by atomic mass is 32.1. The van der Waals surface area contributed by atoms with Crippen molar-refractivity contribution in [2.45, 2.75) is 25.7 Å². The number of nitrogens with zero attached hydrogens (tertiary/aromatic N) is 3. The van der Waals surface area contributed by atoms with Gasteiger partial charge in [-0.3, -0.25) is 14.8 Å². The molecule has 108 valence electrons. The fraction of sp³-hybridized carbons (Fsp3) is 0.357. The van der Waals surface area contributed by atoms with E-state index in [4.69, 9.17) is 0 Å². The van der Waals surface area contributed by atoms with Crippen LogP contribution in [0, 0.1) is 6.92 Å². The molecule has 0 aromatic carbocycles. The zero-order valence-corrected chi connectivity index (χ0v) is 13.3. The number of rotatable bonds is 3. The first-order valence-electron chi connectivity index (χ1n) is 6.82. The third-order valence-electron chi connectivity index (χ3n) is 3.66. The summed E-state index contributed by atoms with van der Waals surface area (Å²) in [7, 11) is 1.90. The molecule has 3 aromatic heterocycles. The van der Waals surface area contributed by atoms with Crippen molar-refractivity contribution in [1.29, 1.82) is 0 Å². The van der Waals surface area contributed by atoms with Gasteiger partial charge in [-0.15, -0.1) is 22.7 Å². The minimum Gasteiger partial charge on any atom is -0.297 e. The van der Waals surface area contributed by atoms with Crippen LogP contribution in [0.3, 0.4) is 0 Å². The Hall–Kier alpha value is -1.73. The second-order valence-electron chi connectivity index (χ2n) is 5.34. The van der Waals surface area contributed by atoms with Gasteiger partial charge in [0.15, 0.2) is 5.13 Å². The maximum absolute atomic E-state index is 12.3. The van der Waals surface area contributed by atoms with Gasteiger partial charge in [0.2, 0.25) is 0 Å². The molecule has 0 saturated heterocycles. The topological polar surface area (TPSA) is 59.8 Å². The van der Waals surface area contributed by atoms with Crippen molar-refractivity contribution in [1.82, 2.24) is 14.8 Å². The lowest BCUT2D eigenvalue weighted by molar-refractivity contribution is 0.103. The van der Waals surface area contributed by atoms with E-state index in [0.717, 1.165) is 21.6 Å². The SMILES string of the molecule is Cc1nn(C)c2sc(C(=O)Nc3nc(C4CC4)cs3)cc12. The fourth-order valence-electron chi connectivity index (χ4n) is 2.39. The Labute approximate surface area is 129 Å². The molecule has 7 heteroatoms. The molecule has 4 rings (SSSR count). The molecule has 0 aliphatic heterocycles. The highest BCUT2D eigenvalue weighted by Crippen LogP contribution is 2.41. The van der Waals surface area contributed by atoms with E-state index < -0.39 is 0 Å². The summed E-state index contributed by atoms with van der Waals surface area (Å²) in [5.74, 6) is 0.525. The maximum Gasteiger partial charge on any atom is 0.267 e. The average molecular weight is 318 g/mol. The lowest BCUT2D eigenvalue weighted by Crippen LogP contribution is -2.09. The van der Waals surface area contributed by atoms with Crippen molar-refractivity contribution in [2.75, 3.05) is 5.32 Å². The van der Waals surface area contributed by atoms with Gasteiger partial charge in [0.1, 0.15) is 4.83 Å². The highest BCUT2D eigenvalue weighted by molar-refractivity contribution is 7.20. The number of carbonyl (C=O) groups excluding carboxylic acids is 1. The van der Waals surface area contributed by atoms with Crippen LogP contribution in [-0.4, -0.2) is 20.7 Å². The molecule has 1 fully saturated rings. The summed E-state index contributed by atoms with van der Waals surface area (Å²) in [6, 6.07) is 1.91. The Bertz CT molecular complexity index is 806. The average Bonchev–Trinajstić information content (AvgIpc) is 2.94. The molecule has 21 heavy (non-hydrogen) atoms. The van der Waals surface area contributed by atoms with Crippen LogP contribution in [-0.2, 0) is 7.05 Å². The van der Waals surface area contributed by atoms with Gasteiger partial charge in [0.25, 0.3) is 5.91 Å². The number of anilines is 1. The number of nitrogens with one attached hydrogen (secondary N) is 1. The molecule has 0 spiro atoms. The first-order valence-corrected chi connectivity index (χ1v) is 8.51. The summed E-state index contributed by atoms with van der Waals surface area (Å²) >= 11 is 2.96. The number of carbonyl (C=O) groups is 1. The van der Waals surface area contributed by atoms with Gasteiger partial charge in [-0.2, -0.15) is 5.10 Å². The van der Waals surface area contributed by atoms with E-state index in [1.165, 1.54) is 35.5 Å². The summed E-state index contributed by atoms with van der Waals surface area (Å²) in [4.78, 5) is 18.5. The Morgan fingerprint density at radius 2 is 2.29 bits per heavy atom. The van der Waals surface area contributed by atoms with E-state index in [1.807, 2.05) is 30.1 Å². The number of fused-ring (bicyclic) bond motifs is 1. The van der Waals surface area contributed by atoms with Gasteiger partial charge in [-0.1, -0.05) is 0 Å². The first-order chi connectivity index (χ1) is 10.1. The lowest BCUT2D eigenvalue weighted by atomic mass is 10.3. The Morgan fingerprint density at radius 3 is 3.00 bits per heavy atom. The molecule has 1 amide bonds. The summed E-state index contributed by atoms with van der Waals surface area (Å²) in [5.41, 5.74) is 2.07. The van der Waals surface area contributed by atoms with Crippen LogP contribution in [0.2, 0.25) is 0 Å². The van der Waals surface area contributed by atoms with Crippen molar-refractivity contribution in [3.05, 3.63) is 27.7 Å². The standard InChI is InChI=1S/C14H14N4OS2/c1-7-9-5-11(21-13(9)18(2)17-7)12(19)16-14-15-10(6-20-14)8-3-4-8/h5-6,8H,3-4H2,1-2H3,(H,15,16,19). The van der Waals surface area contributed by atoms with Crippen LogP contribution in [0.25, 0.3) is 10.2 Å². The molecule has 0 bridgehead atoms. The molecule has 3 heterocycles. The largest absolute Gasteiger partial charge is 0.297 e. The molecule has 5 nitrogen and oxygen atoms in total. The molecular formula is C14H14N4OS2. The smallest absolute Gasteiger partial charge is 0.267 e. The van der Waals surface area contributed by atoms with E-state index in [0.29, 0.717) is 15.9 Å². The monoisotopic (exact) mass is 318 g/mol. The van der Waals surface area contributed by atoms with Crippen LogP contribution in [0.1, 0.15) is 39.8 Å². The number of hydrogen-bond donors (Lipinski definition) is 1. The van der Waals surface area contributed by atoms with Crippen molar-refractivity contribution in [3.8, 4) is 0 Å². The molecule has 1 aliphatic rings. The van der Waals surface area contributed by atoms with E-state index in [-0.39, 0.29) is 5.91 Å². The van der Waals surface area contributed by atoms with Crippen molar-refractivity contribution in [3.63, 3.8) is 0 Å². The third kappa shape index (κ3) is 2.26. The summed E-state index contributed by atoms with van der Waals surface area (Å²) in [5, 5.41) is 11.0. The molecule has 0 atom stereocenters. The number of aromatic nitrogens is 3. The zero-order chi connectivity index (χ0) is 14.6. The van der Waals surface area contributed by atoms with Gasteiger partial charge in [0, 0.05) is 23.7 Å². The second-order valence-corrected chi connectivity index (χ2v) is 7.23. The van der Waals surface area contributed by atoms with Crippen LogP contribution >= 0.6 is 22.7 Å². The lowest BCUT2D eigenvalue weighted by Gasteiger charge is -1.98. The first kappa shape index (κ1) is 13.0. The zero-order valence-electron chi connectivity index (χ0n) is 11.7. The molecule has 1 N–H and O–H groups in total. The molecule has 3 aromatic rings. The van der Waals surface area contributed by atoms with Crippen molar-refractivity contribution >= 4 is 43.9 Å². The van der Waals surface area contributed by atoms with Crippen LogP contribution in [0.15, 0.2) is 11.4 Å². The van der Waals surface area contributed by atoms with Crippen LogP contribution < -0.4 is 5.32 Å². The number of thiazole rings is 1. The second kappa shape index (κ2) is 4.64. The maximum atomic E-state index is 12.3. The Morgan fingerprint density at radius 1 is 1.48 bits per heavy atom. The fourth-order valence-corrected chi connectivity index (χ4v) is 4.19. The van der Waals surface area contributed by atoms with Gasteiger partial charge in [-0.05, 0) is 25.8 Å². The van der Waals surface area contributed by atoms with Crippen molar-refractivity contribution < 1.29 is 4.79 Å². The van der Waals surface area contributed by atoms with E-state index >= 15 is 0 Å². The van der Waals surface area contributed by atoms with E-state index in [2.05, 4.69) is 15.4 Å². The molecule has 1 aliphatic carbocycles. The summed E-state index contributed by atoms with van der Waals surface area (Å²) in [6.45, 7) is 1.96. The van der Waals surface area contributed by atoms with Crippen LogP contribution in [0.4, 0.5) is 5.13 Å².